The third kappa shape index (κ3) is 4.27. The van der Waals surface area contributed by atoms with Crippen molar-refractivity contribution in [2.75, 3.05) is 0 Å². The van der Waals surface area contributed by atoms with Crippen LogP contribution in [0.15, 0.2) is 24.3 Å². The number of aryl methyl sites for hydroxylation is 2. The molecule has 3 heteroatoms. The minimum absolute atomic E-state index is 1.22. The Morgan fingerprint density at radius 3 is 1.40 bits per heavy atom. The number of thiophene rings is 3. The minimum Gasteiger partial charge on any atom is -0.140 e. The second kappa shape index (κ2) is 8.66. The Hall–Kier alpha value is -0.900. The topological polar surface area (TPSA) is 0 Å². The molecule has 0 aliphatic carbocycles. The van der Waals surface area contributed by atoms with Crippen LogP contribution in [0.3, 0.4) is 0 Å². The molecule has 0 fully saturated rings. The first-order valence-electron chi connectivity index (χ1n) is 9.42. The van der Waals surface area contributed by atoms with Crippen LogP contribution in [0.25, 0.3) is 19.5 Å². The Labute approximate surface area is 164 Å². The van der Waals surface area contributed by atoms with E-state index in [2.05, 4.69) is 52.0 Å². The molecule has 0 spiro atoms. The van der Waals surface area contributed by atoms with Crippen molar-refractivity contribution in [2.24, 2.45) is 0 Å². The summed E-state index contributed by atoms with van der Waals surface area (Å²) in [6.07, 6.45) is 7.55. The molecule has 3 heterocycles. The minimum atomic E-state index is 1.22. The average molecular weight is 389 g/mol. The van der Waals surface area contributed by atoms with E-state index >= 15 is 0 Å². The Morgan fingerprint density at radius 2 is 1.08 bits per heavy atom. The Balaban J connectivity index is 2.14. The van der Waals surface area contributed by atoms with E-state index in [1.54, 1.807) is 20.9 Å². The summed E-state index contributed by atoms with van der Waals surface area (Å²) in [4.78, 5) is 8.83. The molecular weight excluding hydrogens is 360 g/mol. The van der Waals surface area contributed by atoms with E-state index in [9.17, 15) is 0 Å². The molecule has 0 atom stereocenters. The Kier molecular flexibility index (Phi) is 6.54. The summed E-state index contributed by atoms with van der Waals surface area (Å²) >= 11 is 5.94. The van der Waals surface area contributed by atoms with Gasteiger partial charge >= 0.3 is 0 Å². The molecule has 0 radical (unpaired) electrons. The zero-order chi connectivity index (χ0) is 17.8. The Bertz CT molecular complexity index is 750. The highest BCUT2D eigenvalue weighted by Gasteiger charge is 2.21. The highest BCUT2D eigenvalue weighted by molar-refractivity contribution is 7.26. The molecule has 0 aromatic carbocycles. The highest BCUT2D eigenvalue weighted by atomic mass is 32.1. The molecule has 0 saturated heterocycles. The number of hydrogen-bond acceptors (Lipinski definition) is 3. The summed E-state index contributed by atoms with van der Waals surface area (Å²) in [5.74, 6) is 0. The largest absolute Gasteiger partial charge is 0.140 e. The number of hydrogen-bond donors (Lipinski definition) is 0. The van der Waals surface area contributed by atoms with Gasteiger partial charge in [0, 0.05) is 29.3 Å². The van der Waals surface area contributed by atoms with E-state index in [4.69, 9.17) is 0 Å². The zero-order valence-electron chi connectivity index (χ0n) is 15.8. The zero-order valence-corrected chi connectivity index (χ0v) is 18.2. The van der Waals surface area contributed by atoms with Crippen molar-refractivity contribution in [3.63, 3.8) is 0 Å². The first-order valence-corrected chi connectivity index (χ1v) is 11.9. The summed E-state index contributed by atoms with van der Waals surface area (Å²) in [5, 5.41) is 0. The normalized spacial score (nSPS) is 11.4. The monoisotopic (exact) mass is 388 g/mol. The van der Waals surface area contributed by atoms with Gasteiger partial charge < -0.3 is 0 Å². The molecule has 0 bridgehead atoms. The van der Waals surface area contributed by atoms with Crippen LogP contribution in [0.4, 0.5) is 0 Å². The van der Waals surface area contributed by atoms with Crippen molar-refractivity contribution in [1.82, 2.24) is 0 Å². The fraction of sp³-hybridized carbons (Fsp3) is 0.455. The quantitative estimate of drug-likeness (QED) is 0.363. The van der Waals surface area contributed by atoms with Crippen LogP contribution in [0.1, 0.15) is 60.4 Å². The van der Waals surface area contributed by atoms with Crippen molar-refractivity contribution in [3.8, 4) is 19.5 Å². The molecule has 0 amide bonds. The summed E-state index contributed by atoms with van der Waals surface area (Å²) in [6, 6.07) is 9.19. The second-order valence-electron chi connectivity index (χ2n) is 6.75. The van der Waals surface area contributed by atoms with Gasteiger partial charge in [-0.25, -0.2) is 0 Å². The summed E-state index contributed by atoms with van der Waals surface area (Å²) in [6.45, 7) is 9.04. The van der Waals surface area contributed by atoms with Crippen LogP contribution < -0.4 is 0 Å². The maximum absolute atomic E-state index is 2.33. The smallest absolute Gasteiger partial charge is 0.0484 e. The molecule has 134 valence electrons. The van der Waals surface area contributed by atoms with Crippen LogP contribution >= 0.6 is 34.0 Å². The molecule has 25 heavy (non-hydrogen) atoms. The molecule has 0 saturated carbocycles. The molecule has 0 nitrogen and oxygen atoms in total. The predicted molar refractivity (Wildman–Crippen MR) is 118 cm³/mol. The first kappa shape index (κ1) is 18.9. The van der Waals surface area contributed by atoms with Crippen LogP contribution in [0.2, 0.25) is 0 Å². The number of rotatable bonds is 8. The lowest BCUT2D eigenvalue weighted by Gasteiger charge is -2.08. The highest BCUT2D eigenvalue weighted by Crippen LogP contribution is 2.47. The lowest BCUT2D eigenvalue weighted by molar-refractivity contribution is 0.764. The fourth-order valence-electron chi connectivity index (χ4n) is 3.25. The average Bonchev–Trinajstić information content (AvgIpc) is 3.29. The Morgan fingerprint density at radius 1 is 0.640 bits per heavy atom. The fourth-order valence-corrected chi connectivity index (χ4v) is 6.65. The molecule has 3 aromatic heterocycles. The van der Waals surface area contributed by atoms with E-state index in [1.807, 2.05) is 34.0 Å². The van der Waals surface area contributed by atoms with Crippen molar-refractivity contribution < 1.29 is 0 Å². The van der Waals surface area contributed by atoms with E-state index in [0.717, 1.165) is 0 Å². The van der Waals surface area contributed by atoms with Crippen LogP contribution in [0.5, 0.6) is 0 Å². The molecule has 0 aliphatic rings. The van der Waals surface area contributed by atoms with Gasteiger partial charge in [0.2, 0.25) is 0 Å². The van der Waals surface area contributed by atoms with Crippen molar-refractivity contribution in [1.29, 1.82) is 0 Å². The third-order valence-electron chi connectivity index (χ3n) is 4.61. The molecule has 0 aliphatic heterocycles. The van der Waals surface area contributed by atoms with Gasteiger partial charge in [0.05, 0.1) is 0 Å². The van der Waals surface area contributed by atoms with Crippen LogP contribution in [-0.2, 0) is 12.8 Å². The van der Waals surface area contributed by atoms with Gasteiger partial charge in [-0.2, -0.15) is 0 Å². The maximum Gasteiger partial charge on any atom is 0.0484 e. The summed E-state index contributed by atoms with van der Waals surface area (Å²) in [5.41, 5.74) is 3.28. The lowest BCUT2D eigenvalue weighted by atomic mass is 9.97. The van der Waals surface area contributed by atoms with Crippen molar-refractivity contribution in [2.45, 2.75) is 66.2 Å². The summed E-state index contributed by atoms with van der Waals surface area (Å²) in [7, 11) is 0. The van der Waals surface area contributed by atoms with Gasteiger partial charge in [0.1, 0.15) is 0 Å². The third-order valence-corrected chi connectivity index (χ3v) is 8.24. The van der Waals surface area contributed by atoms with E-state index in [0.29, 0.717) is 0 Å². The van der Waals surface area contributed by atoms with Gasteiger partial charge in [-0.05, 0) is 74.9 Å². The first-order chi connectivity index (χ1) is 12.1. The van der Waals surface area contributed by atoms with Crippen molar-refractivity contribution >= 4 is 34.0 Å². The van der Waals surface area contributed by atoms with E-state index in [1.165, 1.54) is 58.0 Å². The standard InChI is InChI=1S/C22H28S3/c1-5-7-9-17-18(10-8-6-2)22(20-14-12-16(4)24-20)25-21(17)19-13-11-15(3)23-19/h11-14H,5-10H2,1-4H3. The van der Waals surface area contributed by atoms with Gasteiger partial charge in [0.15, 0.2) is 0 Å². The van der Waals surface area contributed by atoms with Gasteiger partial charge in [-0.3, -0.25) is 0 Å². The van der Waals surface area contributed by atoms with E-state index in [-0.39, 0.29) is 0 Å². The maximum atomic E-state index is 2.33. The molecule has 3 rings (SSSR count). The predicted octanol–water partition coefficient (Wildman–Crippen LogP) is 8.51. The SMILES string of the molecule is CCCCc1c(-c2ccc(C)s2)sc(-c2ccc(C)s2)c1CCCC. The van der Waals surface area contributed by atoms with Gasteiger partial charge in [0.25, 0.3) is 0 Å². The molecule has 0 N–H and O–H groups in total. The van der Waals surface area contributed by atoms with Crippen LogP contribution in [0, 0.1) is 13.8 Å². The molecule has 0 unspecified atom stereocenters. The summed E-state index contributed by atoms with van der Waals surface area (Å²) < 4.78 is 0. The van der Waals surface area contributed by atoms with Gasteiger partial charge in [-0.1, -0.05) is 26.7 Å². The van der Waals surface area contributed by atoms with E-state index < -0.39 is 0 Å². The number of unbranched alkanes of at least 4 members (excludes halogenated alkanes) is 2. The lowest BCUT2D eigenvalue weighted by Crippen LogP contribution is -1.94. The molecular formula is C22H28S3. The second-order valence-corrected chi connectivity index (χ2v) is 10.3. The van der Waals surface area contributed by atoms with Crippen LogP contribution in [-0.4, -0.2) is 0 Å². The van der Waals surface area contributed by atoms with Crippen molar-refractivity contribution in [3.05, 3.63) is 45.1 Å². The van der Waals surface area contributed by atoms with Gasteiger partial charge in [-0.15, -0.1) is 34.0 Å². The molecule has 3 aromatic rings.